The topological polar surface area (TPSA) is 55.6 Å². The van der Waals surface area contributed by atoms with Crippen molar-refractivity contribution in [1.82, 2.24) is 4.90 Å². The lowest BCUT2D eigenvalue weighted by Crippen LogP contribution is -2.50. The molecule has 6 heteroatoms. The Bertz CT molecular complexity index is 560. The summed E-state index contributed by atoms with van der Waals surface area (Å²) < 4.78 is 18.6. The summed E-state index contributed by atoms with van der Waals surface area (Å²) in [5.41, 5.74) is 6.58. The fraction of sp³-hybridized carbons (Fsp3) is 0.562. The second-order valence-electron chi connectivity index (χ2n) is 6.66. The van der Waals surface area contributed by atoms with Gasteiger partial charge in [0.25, 0.3) is 0 Å². The number of halogens is 2. The van der Waals surface area contributed by atoms with Crippen LogP contribution in [0.5, 0.6) is 0 Å². The molecule has 0 aromatic heterocycles. The minimum Gasteiger partial charge on any atom is -0.444 e. The standard InChI is InChI=1S/C16H22ClFN2O2/c1-16(2,3)22-15(21)20-7-6-11(14(19)9-20)10-4-5-13(18)12(17)8-10/h4-5,8,11,14H,6-7,9,19H2,1-3H3/t11-,14+/m0/s1. The van der Waals surface area contributed by atoms with Crippen LogP contribution >= 0.6 is 11.6 Å². The van der Waals surface area contributed by atoms with E-state index in [9.17, 15) is 9.18 Å². The molecule has 0 spiro atoms. The molecule has 22 heavy (non-hydrogen) atoms. The number of nitrogens with zero attached hydrogens (tertiary/aromatic N) is 1. The van der Waals surface area contributed by atoms with Crippen molar-refractivity contribution < 1.29 is 13.9 Å². The summed E-state index contributed by atoms with van der Waals surface area (Å²) in [6.07, 6.45) is 0.348. The number of amides is 1. The Hall–Kier alpha value is -1.33. The van der Waals surface area contributed by atoms with E-state index in [0.29, 0.717) is 19.5 Å². The molecule has 1 saturated heterocycles. The normalized spacial score (nSPS) is 22.5. The zero-order valence-corrected chi connectivity index (χ0v) is 13.9. The van der Waals surface area contributed by atoms with Gasteiger partial charge in [0.05, 0.1) is 5.02 Å². The van der Waals surface area contributed by atoms with Crippen LogP contribution in [-0.4, -0.2) is 35.7 Å². The van der Waals surface area contributed by atoms with Gasteiger partial charge in [0, 0.05) is 25.0 Å². The summed E-state index contributed by atoms with van der Waals surface area (Å²) in [5.74, 6) is -0.387. The maximum Gasteiger partial charge on any atom is 0.410 e. The molecule has 1 aliphatic heterocycles. The molecule has 0 saturated carbocycles. The molecule has 2 N–H and O–H groups in total. The summed E-state index contributed by atoms with van der Waals surface area (Å²) >= 11 is 5.83. The number of hydrogen-bond donors (Lipinski definition) is 1. The number of benzene rings is 1. The first kappa shape index (κ1) is 17.0. The average Bonchev–Trinajstić information content (AvgIpc) is 2.40. The van der Waals surface area contributed by atoms with E-state index < -0.39 is 11.4 Å². The van der Waals surface area contributed by atoms with Gasteiger partial charge in [-0.1, -0.05) is 17.7 Å². The van der Waals surface area contributed by atoms with Gasteiger partial charge >= 0.3 is 6.09 Å². The van der Waals surface area contributed by atoms with E-state index in [0.717, 1.165) is 5.56 Å². The second kappa shape index (κ2) is 6.42. The highest BCUT2D eigenvalue weighted by Crippen LogP contribution is 2.30. The maximum atomic E-state index is 13.3. The molecule has 1 aliphatic rings. The number of ether oxygens (including phenoxy) is 1. The highest BCUT2D eigenvalue weighted by atomic mass is 35.5. The summed E-state index contributed by atoms with van der Waals surface area (Å²) in [6.45, 7) is 6.46. The lowest BCUT2D eigenvalue weighted by molar-refractivity contribution is 0.0186. The van der Waals surface area contributed by atoms with E-state index in [1.54, 1.807) is 17.0 Å². The predicted octanol–water partition coefficient (Wildman–Crippen LogP) is 3.53. The largest absolute Gasteiger partial charge is 0.444 e. The quantitative estimate of drug-likeness (QED) is 0.858. The molecule has 1 amide bonds. The highest BCUT2D eigenvalue weighted by molar-refractivity contribution is 6.30. The Balaban J connectivity index is 2.03. The van der Waals surface area contributed by atoms with Crippen molar-refractivity contribution in [2.75, 3.05) is 13.1 Å². The van der Waals surface area contributed by atoms with Crippen LogP contribution in [-0.2, 0) is 4.74 Å². The lowest BCUT2D eigenvalue weighted by Gasteiger charge is -2.37. The molecular formula is C16H22ClFN2O2. The molecule has 1 aromatic rings. The van der Waals surface area contributed by atoms with Crippen molar-refractivity contribution in [2.24, 2.45) is 5.73 Å². The third-order valence-corrected chi connectivity index (χ3v) is 3.97. The molecule has 1 heterocycles. The molecule has 2 atom stereocenters. The number of hydrogen-bond acceptors (Lipinski definition) is 3. The Labute approximate surface area is 135 Å². The number of carbonyl (C=O) groups excluding carboxylic acids is 1. The van der Waals surface area contributed by atoms with E-state index in [4.69, 9.17) is 22.1 Å². The molecule has 0 bridgehead atoms. The molecule has 2 rings (SSSR count). The second-order valence-corrected chi connectivity index (χ2v) is 7.07. The first-order valence-corrected chi connectivity index (χ1v) is 7.73. The van der Waals surface area contributed by atoms with Crippen molar-refractivity contribution in [1.29, 1.82) is 0 Å². The summed E-state index contributed by atoms with van der Waals surface area (Å²) in [7, 11) is 0. The van der Waals surface area contributed by atoms with Gasteiger partial charge in [-0.2, -0.15) is 0 Å². The first-order valence-electron chi connectivity index (χ1n) is 7.36. The van der Waals surface area contributed by atoms with E-state index in [1.165, 1.54) is 6.07 Å². The fourth-order valence-electron chi connectivity index (χ4n) is 2.63. The third kappa shape index (κ3) is 4.11. The van der Waals surface area contributed by atoms with Gasteiger partial charge in [-0.25, -0.2) is 9.18 Å². The van der Waals surface area contributed by atoms with Crippen molar-refractivity contribution >= 4 is 17.7 Å². The SMILES string of the molecule is CC(C)(C)OC(=O)N1CC[C@@H](c2ccc(F)c(Cl)c2)[C@H](N)C1. The summed E-state index contributed by atoms with van der Waals surface area (Å²) in [6, 6.07) is 4.44. The lowest BCUT2D eigenvalue weighted by atomic mass is 9.86. The first-order chi connectivity index (χ1) is 10.2. The molecular weight excluding hydrogens is 307 g/mol. The highest BCUT2D eigenvalue weighted by Gasteiger charge is 2.32. The molecule has 122 valence electrons. The van der Waals surface area contributed by atoms with Crippen molar-refractivity contribution in [3.8, 4) is 0 Å². The van der Waals surface area contributed by atoms with Crippen molar-refractivity contribution in [2.45, 2.75) is 44.8 Å². The van der Waals surface area contributed by atoms with Crippen molar-refractivity contribution in [3.05, 3.63) is 34.6 Å². The Kier molecular flexibility index (Phi) is 4.97. The van der Waals surface area contributed by atoms with Gasteiger partial charge < -0.3 is 15.4 Å². The minimum absolute atomic E-state index is 0.0526. The van der Waals surface area contributed by atoms with Gasteiger partial charge in [0.1, 0.15) is 11.4 Å². The molecule has 0 aliphatic carbocycles. The van der Waals surface area contributed by atoms with Crippen LogP contribution in [0, 0.1) is 5.82 Å². The minimum atomic E-state index is -0.525. The average molecular weight is 329 g/mol. The maximum absolute atomic E-state index is 13.3. The number of rotatable bonds is 1. The van der Waals surface area contributed by atoms with Crippen LogP contribution in [0.25, 0.3) is 0 Å². The van der Waals surface area contributed by atoms with Gasteiger partial charge in [-0.05, 0) is 44.9 Å². The molecule has 0 unspecified atom stereocenters. The summed E-state index contributed by atoms with van der Waals surface area (Å²) in [5, 5.41) is 0.0965. The van der Waals surface area contributed by atoms with Crippen LogP contribution < -0.4 is 5.73 Å². The fourth-order valence-corrected chi connectivity index (χ4v) is 2.82. The van der Waals surface area contributed by atoms with E-state index in [-0.39, 0.29) is 23.1 Å². The van der Waals surface area contributed by atoms with Gasteiger partial charge in [-0.3, -0.25) is 0 Å². The number of piperidine rings is 1. The monoisotopic (exact) mass is 328 g/mol. The zero-order chi connectivity index (χ0) is 16.5. The Morgan fingerprint density at radius 3 is 2.68 bits per heavy atom. The van der Waals surface area contributed by atoms with Gasteiger partial charge in [0.2, 0.25) is 0 Å². The van der Waals surface area contributed by atoms with E-state index in [1.807, 2.05) is 20.8 Å². The number of nitrogens with two attached hydrogens (primary N) is 1. The molecule has 4 nitrogen and oxygen atoms in total. The van der Waals surface area contributed by atoms with Crippen LogP contribution in [0.2, 0.25) is 5.02 Å². The van der Waals surface area contributed by atoms with Gasteiger partial charge in [0.15, 0.2) is 0 Å². The third-order valence-electron chi connectivity index (χ3n) is 3.68. The number of likely N-dealkylation sites (tertiary alicyclic amines) is 1. The zero-order valence-electron chi connectivity index (χ0n) is 13.1. The van der Waals surface area contributed by atoms with Crippen molar-refractivity contribution in [3.63, 3.8) is 0 Å². The Morgan fingerprint density at radius 2 is 2.14 bits per heavy atom. The van der Waals surface area contributed by atoms with Gasteiger partial charge in [-0.15, -0.1) is 0 Å². The van der Waals surface area contributed by atoms with E-state index >= 15 is 0 Å². The molecule has 1 fully saturated rings. The van der Waals surface area contributed by atoms with Crippen LogP contribution in [0.3, 0.4) is 0 Å². The van der Waals surface area contributed by atoms with Crippen LogP contribution in [0.15, 0.2) is 18.2 Å². The predicted molar refractivity (Wildman–Crippen MR) is 84.6 cm³/mol. The molecule has 1 aromatic carbocycles. The summed E-state index contributed by atoms with van der Waals surface area (Å²) in [4.78, 5) is 13.7. The molecule has 0 radical (unpaired) electrons. The smallest absolute Gasteiger partial charge is 0.410 e. The van der Waals surface area contributed by atoms with Crippen LogP contribution in [0.1, 0.15) is 38.7 Å². The Morgan fingerprint density at radius 1 is 1.45 bits per heavy atom. The van der Waals surface area contributed by atoms with E-state index in [2.05, 4.69) is 0 Å². The van der Waals surface area contributed by atoms with Crippen LogP contribution in [0.4, 0.5) is 9.18 Å². The number of carbonyl (C=O) groups is 1.